The Bertz CT molecular complexity index is 1270. The lowest BCUT2D eigenvalue weighted by Crippen LogP contribution is -2.57. The number of Topliss-reactive ketones (excluding diaryl/α,β-unsaturated/α-hetero) is 1. The van der Waals surface area contributed by atoms with Crippen molar-refractivity contribution in [3.8, 4) is 0 Å². The van der Waals surface area contributed by atoms with Crippen molar-refractivity contribution in [2.75, 3.05) is 45.1 Å². The van der Waals surface area contributed by atoms with Crippen molar-refractivity contribution in [3.05, 3.63) is 71.8 Å². The minimum atomic E-state index is -3.83. The Labute approximate surface area is 221 Å². The first-order chi connectivity index (χ1) is 18.2. The molecule has 12 heteroatoms. The monoisotopic (exact) mass is 542 g/mol. The minimum Gasteiger partial charge on any atom is -0.378 e. The highest BCUT2D eigenvalue weighted by molar-refractivity contribution is 7.90. The predicted molar refractivity (Wildman–Crippen MR) is 138 cm³/mol. The minimum absolute atomic E-state index is 0.0564. The zero-order valence-electron chi connectivity index (χ0n) is 20.7. The van der Waals surface area contributed by atoms with Crippen molar-refractivity contribution >= 4 is 33.5 Å². The summed E-state index contributed by atoms with van der Waals surface area (Å²) < 4.78 is 31.2. The van der Waals surface area contributed by atoms with Crippen molar-refractivity contribution in [2.45, 2.75) is 17.8 Å². The van der Waals surface area contributed by atoms with Crippen molar-refractivity contribution in [1.82, 2.24) is 20.4 Å². The Hall–Kier alpha value is -3.77. The highest BCUT2D eigenvalue weighted by Crippen LogP contribution is 2.13. The molecule has 0 spiro atoms. The van der Waals surface area contributed by atoms with Gasteiger partial charge >= 0.3 is 6.03 Å². The van der Waals surface area contributed by atoms with Crippen LogP contribution in [-0.2, 0) is 29.9 Å². The number of urea groups is 1. The number of hydrogen-bond acceptors (Lipinski definition) is 7. The summed E-state index contributed by atoms with van der Waals surface area (Å²) in [4.78, 5) is 54.2. The molecule has 2 fully saturated rings. The van der Waals surface area contributed by atoms with Gasteiger partial charge in [0.05, 0.1) is 31.3 Å². The van der Waals surface area contributed by atoms with E-state index >= 15 is 0 Å². The zero-order chi connectivity index (χ0) is 27.1. The van der Waals surface area contributed by atoms with Crippen LogP contribution < -0.4 is 10.6 Å². The van der Waals surface area contributed by atoms with Gasteiger partial charge in [0.2, 0.25) is 5.91 Å². The van der Waals surface area contributed by atoms with Crippen LogP contribution in [0.2, 0.25) is 0 Å². The number of ether oxygens (including phenoxy) is 1. The van der Waals surface area contributed by atoms with Gasteiger partial charge in [-0.05, 0) is 17.7 Å². The molecular weight excluding hydrogens is 512 g/mol. The largest absolute Gasteiger partial charge is 0.378 e. The van der Waals surface area contributed by atoms with Gasteiger partial charge < -0.3 is 25.2 Å². The average molecular weight is 543 g/mol. The van der Waals surface area contributed by atoms with E-state index in [4.69, 9.17) is 4.74 Å². The first-order valence-corrected chi connectivity index (χ1v) is 14.1. The number of carbonyl (C=O) groups is 4. The van der Waals surface area contributed by atoms with Gasteiger partial charge in [0.15, 0.2) is 15.6 Å². The van der Waals surface area contributed by atoms with Gasteiger partial charge in [-0.1, -0.05) is 48.5 Å². The summed E-state index contributed by atoms with van der Waals surface area (Å²) in [6.07, 6.45) is 0. The summed E-state index contributed by atoms with van der Waals surface area (Å²) in [7, 11) is -3.83. The van der Waals surface area contributed by atoms with Crippen LogP contribution >= 0.6 is 0 Å². The average Bonchev–Trinajstić information content (AvgIpc) is 3.28. The molecule has 4 amide bonds. The number of rotatable bonds is 8. The summed E-state index contributed by atoms with van der Waals surface area (Å²) >= 11 is 0. The van der Waals surface area contributed by atoms with Crippen LogP contribution in [0.25, 0.3) is 0 Å². The molecule has 0 radical (unpaired) electrons. The quantitative estimate of drug-likeness (QED) is 0.486. The predicted octanol–water partition coefficient (Wildman–Crippen LogP) is 0.222. The van der Waals surface area contributed by atoms with Gasteiger partial charge in [-0.25, -0.2) is 13.2 Å². The van der Waals surface area contributed by atoms with E-state index in [2.05, 4.69) is 10.6 Å². The Kier molecular flexibility index (Phi) is 8.74. The lowest BCUT2D eigenvalue weighted by molar-refractivity contribution is -0.126. The number of nitrogens with zero attached hydrogens (tertiary/aromatic N) is 2. The summed E-state index contributed by atoms with van der Waals surface area (Å²) in [6, 6.07) is 13.9. The Balaban J connectivity index is 1.45. The fourth-order valence-electron chi connectivity index (χ4n) is 4.33. The van der Waals surface area contributed by atoms with Crippen LogP contribution in [-0.4, -0.2) is 99.1 Å². The maximum absolute atomic E-state index is 13.3. The molecule has 2 heterocycles. The van der Waals surface area contributed by atoms with E-state index in [-0.39, 0.29) is 30.5 Å². The van der Waals surface area contributed by atoms with Crippen LogP contribution in [0.15, 0.2) is 60.7 Å². The standard InChI is InChI=1S/C26H30N4O7S/c31-23-16-30(25(33)20-9-5-2-6-10-20)15-21(23)27-24(32)22(28-26(34)29-11-13-37-14-12-29)18-38(35,36)17-19-7-3-1-4-8-19/h1-10,21-22H,11-18H2,(H,27,32)(H,28,34)/t21-,22?/m0/s1. The molecule has 2 aromatic carbocycles. The Morgan fingerprint density at radius 3 is 2.24 bits per heavy atom. The molecule has 0 aliphatic carbocycles. The fraction of sp³-hybridized carbons (Fsp3) is 0.385. The van der Waals surface area contributed by atoms with Crippen LogP contribution in [0, 0.1) is 0 Å². The van der Waals surface area contributed by atoms with Crippen molar-refractivity contribution in [3.63, 3.8) is 0 Å². The summed E-state index contributed by atoms with van der Waals surface area (Å²) in [5, 5.41) is 5.08. The molecule has 1 unspecified atom stereocenters. The number of benzene rings is 2. The topological polar surface area (TPSA) is 142 Å². The lowest BCUT2D eigenvalue weighted by Gasteiger charge is -2.29. The summed E-state index contributed by atoms with van der Waals surface area (Å²) in [6.45, 7) is 1.02. The van der Waals surface area contributed by atoms with E-state index in [9.17, 15) is 27.6 Å². The third-order valence-corrected chi connectivity index (χ3v) is 7.94. The number of sulfone groups is 1. The fourth-order valence-corrected chi connectivity index (χ4v) is 5.89. The second kappa shape index (κ2) is 12.2. The van der Waals surface area contributed by atoms with Gasteiger partial charge in [-0.15, -0.1) is 0 Å². The number of likely N-dealkylation sites (tertiary alicyclic amines) is 1. The van der Waals surface area contributed by atoms with Crippen molar-refractivity contribution in [2.24, 2.45) is 0 Å². The van der Waals surface area contributed by atoms with Crippen molar-refractivity contribution < 1.29 is 32.3 Å². The molecule has 2 aliphatic heterocycles. The number of morpholine rings is 1. The second-order valence-corrected chi connectivity index (χ2v) is 11.3. The highest BCUT2D eigenvalue weighted by atomic mass is 32.2. The molecule has 2 aromatic rings. The van der Waals surface area contributed by atoms with Crippen LogP contribution in [0.3, 0.4) is 0 Å². The number of nitrogens with one attached hydrogen (secondary N) is 2. The van der Waals surface area contributed by atoms with E-state index < -0.39 is 39.6 Å². The second-order valence-electron chi connectivity index (χ2n) is 9.22. The summed E-state index contributed by atoms with van der Waals surface area (Å²) in [5.74, 6) is -2.51. The van der Waals surface area contributed by atoms with Gasteiger partial charge in [-0.2, -0.15) is 0 Å². The van der Waals surface area contributed by atoms with E-state index in [0.717, 1.165) is 0 Å². The molecule has 2 N–H and O–H groups in total. The van der Waals surface area contributed by atoms with Crippen LogP contribution in [0.4, 0.5) is 4.79 Å². The zero-order valence-corrected chi connectivity index (χ0v) is 21.6. The van der Waals surface area contributed by atoms with Gasteiger partial charge in [0, 0.05) is 25.2 Å². The van der Waals surface area contributed by atoms with Crippen LogP contribution in [0.5, 0.6) is 0 Å². The Morgan fingerprint density at radius 2 is 1.58 bits per heavy atom. The Morgan fingerprint density at radius 1 is 0.947 bits per heavy atom. The van der Waals surface area contributed by atoms with Crippen molar-refractivity contribution in [1.29, 1.82) is 0 Å². The number of hydrogen-bond donors (Lipinski definition) is 2. The van der Waals surface area contributed by atoms with Crippen LogP contribution in [0.1, 0.15) is 15.9 Å². The molecule has 2 saturated heterocycles. The summed E-state index contributed by atoms with van der Waals surface area (Å²) in [5.41, 5.74) is 0.960. The smallest absolute Gasteiger partial charge is 0.318 e. The van der Waals surface area contributed by atoms with E-state index in [1.165, 1.54) is 9.80 Å². The molecule has 2 aliphatic rings. The van der Waals surface area contributed by atoms with Gasteiger partial charge in [-0.3, -0.25) is 14.4 Å². The SMILES string of the molecule is O=C(N[C@H]1CN(C(=O)c2ccccc2)CC1=O)C(CS(=O)(=O)Cc1ccccc1)NC(=O)N1CCOCC1. The molecule has 202 valence electrons. The molecule has 4 rings (SSSR count). The molecule has 11 nitrogen and oxygen atoms in total. The maximum atomic E-state index is 13.3. The molecule has 0 saturated carbocycles. The van der Waals surface area contributed by atoms with E-state index in [1.54, 1.807) is 60.7 Å². The van der Waals surface area contributed by atoms with Gasteiger partial charge in [0.1, 0.15) is 12.1 Å². The van der Waals surface area contributed by atoms with E-state index in [0.29, 0.717) is 37.4 Å². The normalized spacial score (nSPS) is 18.6. The number of ketones is 1. The number of carbonyl (C=O) groups excluding carboxylic acids is 4. The third-order valence-electron chi connectivity index (χ3n) is 6.33. The van der Waals surface area contributed by atoms with E-state index in [1.807, 2.05) is 0 Å². The molecule has 2 atom stereocenters. The highest BCUT2D eigenvalue weighted by Gasteiger charge is 2.37. The molecular formula is C26H30N4O7S. The first-order valence-electron chi connectivity index (χ1n) is 12.3. The maximum Gasteiger partial charge on any atom is 0.318 e. The molecule has 0 bridgehead atoms. The lowest BCUT2D eigenvalue weighted by atomic mass is 10.2. The molecule has 0 aromatic heterocycles. The number of amides is 4. The molecule has 38 heavy (non-hydrogen) atoms. The van der Waals surface area contributed by atoms with Gasteiger partial charge in [0.25, 0.3) is 5.91 Å². The third kappa shape index (κ3) is 7.17. The first kappa shape index (κ1) is 27.3.